The second-order valence-corrected chi connectivity index (χ2v) is 10.1. The summed E-state index contributed by atoms with van der Waals surface area (Å²) < 4.78 is 85.7. The second-order valence-electron chi connectivity index (χ2n) is 10.1. The van der Waals surface area contributed by atoms with Crippen LogP contribution in [0.1, 0.15) is 96.0 Å². The minimum absolute atomic E-state index is 0.291. The number of alkyl halides is 5. The van der Waals surface area contributed by atoms with Gasteiger partial charge in [0.05, 0.1) is 11.5 Å². The van der Waals surface area contributed by atoms with Crippen molar-refractivity contribution in [1.82, 2.24) is 0 Å². The van der Waals surface area contributed by atoms with Crippen LogP contribution in [0, 0.1) is 23.6 Å². The van der Waals surface area contributed by atoms with Crippen LogP contribution in [0.2, 0.25) is 0 Å². The molecule has 1 aromatic carbocycles. The Morgan fingerprint density at radius 2 is 1.65 bits per heavy atom. The molecule has 0 spiro atoms. The van der Waals surface area contributed by atoms with Crippen LogP contribution in [0.15, 0.2) is 29.8 Å². The van der Waals surface area contributed by atoms with Crippen LogP contribution in [-0.4, -0.2) is 6.11 Å². The predicted octanol–water partition coefficient (Wildman–Crippen LogP) is 9.71. The van der Waals surface area contributed by atoms with Gasteiger partial charge in [0.1, 0.15) is 11.6 Å². The summed E-state index contributed by atoms with van der Waals surface area (Å²) >= 11 is 0. The quantitative estimate of drug-likeness (QED) is 0.180. The molecule has 2 aliphatic rings. The Kier molecular flexibility index (Phi) is 9.39. The number of benzene rings is 1. The molecular formula is C27H36F6O. The van der Waals surface area contributed by atoms with Gasteiger partial charge in [-0.1, -0.05) is 44.3 Å². The van der Waals surface area contributed by atoms with Crippen LogP contribution in [0.4, 0.5) is 26.3 Å². The van der Waals surface area contributed by atoms with E-state index in [0.717, 1.165) is 31.2 Å². The average molecular weight is 491 g/mol. The van der Waals surface area contributed by atoms with Gasteiger partial charge in [0.25, 0.3) is 0 Å². The lowest BCUT2D eigenvalue weighted by Crippen LogP contribution is -2.37. The Hall–Kier alpha value is -1.66. The first-order valence-electron chi connectivity index (χ1n) is 12.7. The summed E-state index contributed by atoms with van der Waals surface area (Å²) in [6, 6.07) is 1.57. The highest BCUT2D eigenvalue weighted by Crippen LogP contribution is 2.42. The third kappa shape index (κ3) is 7.67. The van der Waals surface area contributed by atoms with E-state index in [1.165, 1.54) is 44.1 Å². The normalized spacial score (nSPS) is 24.1. The Balaban J connectivity index is 1.42. The van der Waals surface area contributed by atoms with E-state index >= 15 is 0 Å². The van der Waals surface area contributed by atoms with Crippen LogP contribution in [0.3, 0.4) is 0 Å². The van der Waals surface area contributed by atoms with Crippen molar-refractivity contribution in [2.24, 2.45) is 17.8 Å². The standard InChI is InChI=1S/C27H36F6O/c1-2-3-4-5-19-6-8-20(9-7-19)10-11-21-12-14-22(15-13-21)27(32,33)34-23-16-17-24(25(28)18-23)26(29,30)31/h8,16-19,21-22H,2-7,9-15H2,1H3. The van der Waals surface area contributed by atoms with Crippen molar-refractivity contribution in [3.63, 3.8) is 0 Å². The molecule has 192 valence electrons. The largest absolute Gasteiger partial charge is 0.432 e. The lowest BCUT2D eigenvalue weighted by atomic mass is 9.77. The van der Waals surface area contributed by atoms with Gasteiger partial charge in [0, 0.05) is 6.07 Å². The fourth-order valence-corrected chi connectivity index (χ4v) is 5.32. The van der Waals surface area contributed by atoms with Gasteiger partial charge in [-0.05, 0) is 81.8 Å². The maximum atomic E-state index is 14.6. The molecule has 1 nitrogen and oxygen atoms in total. The Bertz CT molecular complexity index is 808. The molecule has 0 aromatic heterocycles. The van der Waals surface area contributed by atoms with Crippen molar-refractivity contribution in [1.29, 1.82) is 0 Å². The molecule has 0 aliphatic heterocycles. The van der Waals surface area contributed by atoms with Crippen LogP contribution in [0.25, 0.3) is 0 Å². The second kappa shape index (κ2) is 11.9. The van der Waals surface area contributed by atoms with E-state index in [4.69, 9.17) is 0 Å². The van der Waals surface area contributed by atoms with E-state index in [0.29, 0.717) is 43.7 Å². The summed E-state index contributed by atoms with van der Waals surface area (Å²) in [5.74, 6) is -2.01. The zero-order chi connectivity index (χ0) is 24.8. The first kappa shape index (κ1) is 26.9. The maximum absolute atomic E-state index is 14.6. The van der Waals surface area contributed by atoms with Crippen molar-refractivity contribution < 1.29 is 31.1 Å². The highest BCUT2D eigenvalue weighted by molar-refractivity contribution is 5.30. The van der Waals surface area contributed by atoms with Crippen molar-refractivity contribution in [3.05, 3.63) is 41.2 Å². The number of hydrogen-bond acceptors (Lipinski definition) is 1. The number of allylic oxidation sites excluding steroid dienone is 2. The molecule has 1 aromatic rings. The lowest BCUT2D eigenvalue weighted by Gasteiger charge is -2.33. The van der Waals surface area contributed by atoms with Crippen LogP contribution >= 0.6 is 0 Å². The molecule has 0 saturated heterocycles. The minimum atomic E-state index is -4.88. The molecule has 2 aliphatic carbocycles. The average Bonchev–Trinajstić information content (AvgIpc) is 2.78. The molecule has 0 radical (unpaired) electrons. The molecule has 34 heavy (non-hydrogen) atoms. The van der Waals surface area contributed by atoms with Crippen molar-refractivity contribution in [2.75, 3.05) is 0 Å². The van der Waals surface area contributed by atoms with Gasteiger partial charge < -0.3 is 4.74 Å². The van der Waals surface area contributed by atoms with Crippen LogP contribution in [-0.2, 0) is 6.18 Å². The van der Waals surface area contributed by atoms with E-state index in [1.54, 1.807) is 0 Å². The summed E-state index contributed by atoms with van der Waals surface area (Å²) in [6.45, 7) is 2.22. The maximum Gasteiger partial charge on any atom is 0.419 e. The summed E-state index contributed by atoms with van der Waals surface area (Å²) in [5, 5.41) is 0. The Morgan fingerprint density at radius 1 is 0.912 bits per heavy atom. The van der Waals surface area contributed by atoms with E-state index in [2.05, 4.69) is 17.7 Å². The third-order valence-corrected chi connectivity index (χ3v) is 7.53. The van der Waals surface area contributed by atoms with Crippen molar-refractivity contribution >= 4 is 0 Å². The number of ether oxygens (including phenoxy) is 1. The molecule has 0 amide bonds. The number of hydrogen-bond donors (Lipinski definition) is 0. The zero-order valence-electron chi connectivity index (χ0n) is 19.9. The topological polar surface area (TPSA) is 9.23 Å². The number of halogens is 6. The van der Waals surface area contributed by atoms with Crippen LogP contribution < -0.4 is 4.74 Å². The highest BCUT2D eigenvalue weighted by Gasteiger charge is 2.44. The molecule has 7 heteroatoms. The Labute approximate surface area is 199 Å². The third-order valence-electron chi connectivity index (χ3n) is 7.53. The van der Waals surface area contributed by atoms with E-state index in [1.807, 2.05) is 0 Å². The molecule has 3 rings (SSSR count). The molecular weight excluding hydrogens is 454 g/mol. The summed E-state index contributed by atoms with van der Waals surface area (Å²) in [7, 11) is 0. The van der Waals surface area contributed by atoms with Gasteiger partial charge >= 0.3 is 12.3 Å². The van der Waals surface area contributed by atoms with Gasteiger partial charge in [-0.15, -0.1) is 0 Å². The van der Waals surface area contributed by atoms with E-state index in [-0.39, 0.29) is 0 Å². The first-order valence-corrected chi connectivity index (χ1v) is 12.7. The molecule has 0 N–H and O–H groups in total. The first-order chi connectivity index (χ1) is 16.1. The summed E-state index contributed by atoms with van der Waals surface area (Å²) in [5.41, 5.74) is 0.00984. The van der Waals surface area contributed by atoms with Crippen molar-refractivity contribution in [3.8, 4) is 5.75 Å². The molecule has 0 bridgehead atoms. The summed E-state index contributed by atoms with van der Waals surface area (Å²) in [6.07, 6.45) is 6.73. The van der Waals surface area contributed by atoms with Gasteiger partial charge in [-0.25, -0.2) is 4.39 Å². The smallest absolute Gasteiger partial charge is 0.419 e. The minimum Gasteiger partial charge on any atom is -0.432 e. The fraction of sp³-hybridized carbons (Fsp3) is 0.704. The van der Waals surface area contributed by atoms with E-state index in [9.17, 15) is 26.3 Å². The monoisotopic (exact) mass is 490 g/mol. The highest BCUT2D eigenvalue weighted by atomic mass is 19.4. The molecule has 1 saturated carbocycles. The zero-order valence-corrected chi connectivity index (χ0v) is 19.9. The van der Waals surface area contributed by atoms with E-state index < -0.39 is 35.3 Å². The Morgan fingerprint density at radius 3 is 2.24 bits per heavy atom. The van der Waals surface area contributed by atoms with Gasteiger partial charge in [0.15, 0.2) is 0 Å². The number of rotatable bonds is 10. The van der Waals surface area contributed by atoms with Gasteiger partial charge in [-0.2, -0.15) is 22.0 Å². The molecule has 1 unspecified atom stereocenters. The van der Waals surface area contributed by atoms with Gasteiger partial charge in [0.2, 0.25) is 0 Å². The molecule has 1 atom stereocenters. The molecule has 0 heterocycles. The lowest BCUT2D eigenvalue weighted by molar-refractivity contribution is -0.223. The van der Waals surface area contributed by atoms with Crippen LogP contribution in [0.5, 0.6) is 5.75 Å². The van der Waals surface area contributed by atoms with Crippen molar-refractivity contribution in [2.45, 2.75) is 103 Å². The fourth-order valence-electron chi connectivity index (χ4n) is 5.32. The SMILES string of the molecule is CCCCCC1CC=C(CCC2CCC(C(F)(F)Oc3ccc(C(F)(F)F)c(F)c3)CC2)CC1. The molecule has 1 fully saturated rings. The van der Waals surface area contributed by atoms with Gasteiger partial charge in [-0.3, -0.25) is 0 Å². The number of unbranched alkanes of at least 4 members (excludes halogenated alkanes) is 2. The predicted molar refractivity (Wildman–Crippen MR) is 121 cm³/mol. The summed E-state index contributed by atoms with van der Waals surface area (Å²) in [4.78, 5) is 0.